The van der Waals surface area contributed by atoms with Crippen LogP contribution in [0.1, 0.15) is 34.5 Å². The van der Waals surface area contributed by atoms with Crippen molar-refractivity contribution in [2.75, 3.05) is 10.6 Å². The van der Waals surface area contributed by atoms with Gasteiger partial charge in [0.25, 0.3) is 5.91 Å². The van der Waals surface area contributed by atoms with Crippen LogP contribution in [0.15, 0.2) is 47.6 Å². The summed E-state index contributed by atoms with van der Waals surface area (Å²) in [5.74, 6) is 0.931. The monoisotopic (exact) mass is 406 g/mol. The molecule has 0 spiro atoms. The predicted octanol–water partition coefficient (Wildman–Crippen LogP) is 3.03. The first-order chi connectivity index (χ1) is 14.1. The molecule has 0 radical (unpaired) electrons. The number of allylic oxidation sites excluding steroid dienone is 1. The number of amides is 2. The van der Waals surface area contributed by atoms with Crippen LogP contribution >= 0.6 is 11.3 Å². The van der Waals surface area contributed by atoms with E-state index in [-0.39, 0.29) is 18.2 Å². The predicted molar refractivity (Wildman–Crippen MR) is 112 cm³/mol. The molecule has 2 amide bonds. The lowest BCUT2D eigenvalue weighted by molar-refractivity contribution is -0.118. The molecule has 1 saturated heterocycles. The van der Waals surface area contributed by atoms with Crippen LogP contribution < -0.4 is 16.0 Å². The molecule has 29 heavy (non-hydrogen) atoms. The van der Waals surface area contributed by atoms with E-state index in [9.17, 15) is 9.59 Å². The first-order valence-corrected chi connectivity index (χ1v) is 10.1. The summed E-state index contributed by atoms with van der Waals surface area (Å²) in [6, 6.07) is 5.80. The van der Waals surface area contributed by atoms with Crippen molar-refractivity contribution in [2.24, 2.45) is 0 Å². The number of hydrogen-bond acceptors (Lipinski definition) is 6. The summed E-state index contributed by atoms with van der Waals surface area (Å²) in [5.41, 5.74) is 2.74. The van der Waals surface area contributed by atoms with E-state index in [0.29, 0.717) is 28.1 Å². The highest BCUT2D eigenvalue weighted by Gasteiger charge is 2.24. The van der Waals surface area contributed by atoms with Gasteiger partial charge in [0.15, 0.2) is 5.65 Å². The molecule has 146 valence electrons. The van der Waals surface area contributed by atoms with E-state index in [1.54, 1.807) is 22.8 Å². The Kier molecular flexibility index (Phi) is 4.17. The number of anilines is 2. The summed E-state index contributed by atoms with van der Waals surface area (Å²) in [5, 5.41) is 15.3. The number of nitrogens with one attached hydrogen (secondary N) is 3. The van der Waals surface area contributed by atoms with Gasteiger partial charge in [0.05, 0.1) is 17.5 Å². The lowest BCUT2D eigenvalue weighted by Crippen LogP contribution is -2.14. The van der Waals surface area contributed by atoms with E-state index in [1.165, 1.54) is 11.3 Å². The lowest BCUT2D eigenvalue weighted by Gasteiger charge is -2.10. The Bertz CT molecular complexity index is 1170. The highest BCUT2D eigenvalue weighted by Crippen LogP contribution is 2.29. The van der Waals surface area contributed by atoms with Gasteiger partial charge in [-0.1, -0.05) is 12.6 Å². The fourth-order valence-corrected chi connectivity index (χ4v) is 3.79. The largest absolute Gasteiger partial charge is 0.367 e. The average molecular weight is 406 g/mol. The van der Waals surface area contributed by atoms with Crippen molar-refractivity contribution in [1.82, 2.24) is 19.9 Å². The van der Waals surface area contributed by atoms with Gasteiger partial charge < -0.3 is 16.0 Å². The molecule has 2 fully saturated rings. The molecule has 4 heterocycles. The van der Waals surface area contributed by atoms with E-state index < -0.39 is 0 Å². The van der Waals surface area contributed by atoms with Crippen molar-refractivity contribution >= 4 is 46.5 Å². The number of nitrogens with zero attached hydrogens (tertiary/aromatic N) is 3. The first kappa shape index (κ1) is 17.6. The third-order valence-electron chi connectivity index (χ3n) is 4.77. The van der Waals surface area contributed by atoms with E-state index in [4.69, 9.17) is 0 Å². The maximum Gasteiger partial charge on any atom is 0.266 e. The molecular formula is C20H18N6O2S. The Hall–Kier alpha value is -3.46. The van der Waals surface area contributed by atoms with E-state index in [0.717, 1.165) is 29.8 Å². The molecule has 3 aromatic heterocycles. The number of fused-ring (bicyclic) bond motifs is 1. The summed E-state index contributed by atoms with van der Waals surface area (Å²) in [4.78, 5) is 29.3. The Balaban J connectivity index is 1.55. The van der Waals surface area contributed by atoms with Gasteiger partial charge in [-0.3, -0.25) is 9.59 Å². The van der Waals surface area contributed by atoms with Crippen molar-refractivity contribution in [3.8, 4) is 0 Å². The molecule has 1 saturated carbocycles. The normalized spacial score (nSPS) is 17.7. The van der Waals surface area contributed by atoms with Crippen LogP contribution in [-0.2, 0) is 4.79 Å². The van der Waals surface area contributed by atoms with Gasteiger partial charge in [0, 0.05) is 23.4 Å². The van der Waals surface area contributed by atoms with Crippen LogP contribution in [0.3, 0.4) is 0 Å². The van der Waals surface area contributed by atoms with Crippen molar-refractivity contribution < 1.29 is 9.59 Å². The molecule has 1 aliphatic heterocycles. The van der Waals surface area contributed by atoms with Crippen LogP contribution in [0.25, 0.3) is 11.7 Å². The van der Waals surface area contributed by atoms with Gasteiger partial charge in [-0.25, -0.2) is 4.98 Å². The van der Waals surface area contributed by atoms with Gasteiger partial charge >= 0.3 is 0 Å². The van der Waals surface area contributed by atoms with Gasteiger partial charge in [0.2, 0.25) is 5.91 Å². The number of hydrogen-bond donors (Lipinski definition) is 3. The van der Waals surface area contributed by atoms with Crippen LogP contribution in [0.2, 0.25) is 0 Å². The number of aromatic nitrogens is 3. The van der Waals surface area contributed by atoms with E-state index in [2.05, 4.69) is 32.6 Å². The first-order valence-electron chi connectivity index (χ1n) is 9.27. The second-order valence-electron chi connectivity index (χ2n) is 7.09. The molecule has 0 atom stereocenters. The molecule has 5 rings (SSSR count). The molecular weight excluding hydrogens is 388 g/mol. The molecule has 3 aromatic rings. The molecule has 0 unspecified atom stereocenters. The molecule has 2 aliphatic rings. The Labute approximate surface area is 170 Å². The second kappa shape index (κ2) is 6.85. The maximum absolute atomic E-state index is 12.5. The summed E-state index contributed by atoms with van der Waals surface area (Å²) in [6.07, 6.45) is 6.05. The Morgan fingerprint density at radius 1 is 1.41 bits per heavy atom. The zero-order chi connectivity index (χ0) is 20.0. The number of carbonyl (C=O) groups excluding carboxylic acids is 2. The summed E-state index contributed by atoms with van der Waals surface area (Å²) < 4.78 is 1.72. The van der Waals surface area contributed by atoms with Crippen LogP contribution in [0, 0.1) is 0 Å². The summed E-state index contributed by atoms with van der Waals surface area (Å²) in [6.45, 7) is 3.88. The third kappa shape index (κ3) is 3.52. The smallest absolute Gasteiger partial charge is 0.266 e. The minimum absolute atomic E-state index is 0.0781. The van der Waals surface area contributed by atoms with E-state index in [1.807, 2.05) is 17.5 Å². The fraction of sp³-hybridized carbons (Fsp3) is 0.200. The van der Waals surface area contributed by atoms with Crippen LogP contribution in [0.5, 0.6) is 0 Å². The van der Waals surface area contributed by atoms with E-state index >= 15 is 0 Å². The fourth-order valence-electron chi connectivity index (χ4n) is 3.17. The number of rotatable bonds is 5. The van der Waals surface area contributed by atoms with Gasteiger partial charge in [-0.05, 0) is 35.9 Å². The van der Waals surface area contributed by atoms with Crippen molar-refractivity contribution in [3.05, 3.63) is 58.1 Å². The Morgan fingerprint density at radius 3 is 2.97 bits per heavy atom. The number of carbonyl (C=O) groups is 2. The molecule has 8 nitrogen and oxygen atoms in total. The van der Waals surface area contributed by atoms with Crippen molar-refractivity contribution in [2.45, 2.75) is 25.3 Å². The third-order valence-corrected chi connectivity index (χ3v) is 5.64. The van der Waals surface area contributed by atoms with Gasteiger partial charge in [-0.15, -0.1) is 11.3 Å². The SMILES string of the molecule is C=C1NC(=O)C/C1=C\c1cnn2c(NC3CC3)cc(NC(=O)c3cccs3)nc12. The molecule has 9 heteroatoms. The molecule has 0 bridgehead atoms. The second-order valence-corrected chi connectivity index (χ2v) is 8.03. The Morgan fingerprint density at radius 2 is 2.28 bits per heavy atom. The highest BCUT2D eigenvalue weighted by atomic mass is 32.1. The summed E-state index contributed by atoms with van der Waals surface area (Å²) >= 11 is 1.37. The molecule has 1 aliphatic carbocycles. The van der Waals surface area contributed by atoms with Crippen molar-refractivity contribution in [1.29, 1.82) is 0 Å². The summed E-state index contributed by atoms with van der Waals surface area (Å²) in [7, 11) is 0. The van der Waals surface area contributed by atoms with Crippen LogP contribution in [0.4, 0.5) is 11.6 Å². The van der Waals surface area contributed by atoms with Gasteiger partial charge in [0.1, 0.15) is 11.6 Å². The molecule has 3 N–H and O–H groups in total. The van der Waals surface area contributed by atoms with Crippen molar-refractivity contribution in [3.63, 3.8) is 0 Å². The van der Waals surface area contributed by atoms with Gasteiger partial charge in [-0.2, -0.15) is 9.61 Å². The molecule has 0 aromatic carbocycles. The standard InChI is InChI=1S/C20H18N6O2S/c1-11-12(8-18(27)22-11)7-13-10-21-26-17(23-14-4-5-14)9-16(24-19(13)26)25-20(28)15-3-2-6-29-15/h2-3,6-7,9-10,14,23H,1,4-5,8H2,(H,22,27)(H,24,25,28)/b12-7+. The zero-order valence-electron chi connectivity index (χ0n) is 15.4. The lowest BCUT2D eigenvalue weighted by atomic mass is 10.1. The topological polar surface area (TPSA) is 100 Å². The number of thiophene rings is 1. The average Bonchev–Trinajstić information content (AvgIpc) is 3.07. The zero-order valence-corrected chi connectivity index (χ0v) is 16.3. The minimum Gasteiger partial charge on any atom is -0.367 e. The minimum atomic E-state index is -0.201. The maximum atomic E-state index is 12.5. The highest BCUT2D eigenvalue weighted by molar-refractivity contribution is 7.12. The van der Waals surface area contributed by atoms with Crippen LogP contribution in [-0.4, -0.2) is 32.5 Å². The quantitative estimate of drug-likeness (QED) is 0.605.